The lowest BCUT2D eigenvalue weighted by Crippen LogP contribution is -2.09. The van der Waals surface area contributed by atoms with Crippen LogP contribution >= 0.6 is 0 Å². The quantitative estimate of drug-likeness (QED) is 0.141. The van der Waals surface area contributed by atoms with Gasteiger partial charge >= 0.3 is 0 Å². The minimum atomic E-state index is -0.875. The van der Waals surface area contributed by atoms with Gasteiger partial charge in [0.25, 0.3) is 0 Å². The fourth-order valence-corrected chi connectivity index (χ4v) is 7.02. The van der Waals surface area contributed by atoms with Crippen LogP contribution in [-0.2, 0) is 0 Å². The number of fused-ring (bicyclic) bond motifs is 1. The van der Waals surface area contributed by atoms with Crippen molar-refractivity contribution in [2.24, 2.45) is 0 Å². The van der Waals surface area contributed by atoms with E-state index < -0.39 is 136 Å². The molecule has 1 heteroatoms. The van der Waals surface area contributed by atoms with Crippen LogP contribution in [0, 0.1) is 0 Å². The lowest BCUT2D eigenvalue weighted by atomic mass is 9.95. The summed E-state index contributed by atoms with van der Waals surface area (Å²) in [6.45, 7) is 0. The molecule has 10 rings (SSSR count). The fraction of sp³-hybridized carbons (Fsp3) is 0. The Morgan fingerprint density at radius 1 is 0.271 bits per heavy atom. The molecule has 0 aliphatic heterocycles. The van der Waals surface area contributed by atoms with Gasteiger partial charge in [0.05, 0.1) is 23.3 Å². The number of benzene rings is 10. The average Bonchev–Trinajstić information content (AvgIpc) is 3.44. The van der Waals surface area contributed by atoms with E-state index in [0.717, 1.165) is 49.1 Å². The minimum absolute atomic E-state index is 0.0231. The monoisotopic (exact) mass is 768 g/mol. The van der Waals surface area contributed by atoms with Crippen molar-refractivity contribution in [3.8, 4) is 66.8 Å². The Kier molecular flexibility index (Phi) is 5.89. The van der Waals surface area contributed by atoms with Crippen molar-refractivity contribution < 1.29 is 23.3 Å². The molecule has 59 heavy (non-hydrogen) atoms. The van der Waals surface area contributed by atoms with Crippen LogP contribution in [0.15, 0.2) is 248 Å². The minimum Gasteiger partial charge on any atom is -0.311 e. The van der Waals surface area contributed by atoms with Gasteiger partial charge in [0.15, 0.2) is 0 Å². The maximum absolute atomic E-state index is 9.58. The van der Waals surface area contributed by atoms with E-state index in [4.69, 9.17) is 12.3 Å². The van der Waals surface area contributed by atoms with Crippen molar-refractivity contribution in [2.45, 2.75) is 0 Å². The zero-order chi connectivity index (χ0) is 54.2. The Morgan fingerprint density at radius 3 is 1.34 bits per heavy atom. The second-order valence-corrected chi connectivity index (χ2v) is 13.6. The Bertz CT molecular complexity index is 3890. The standard InChI is InChI=1S/C58H41N/c1-3-11-42(12-4-1)44-21-25-46(26-22-44)48-29-35-54(36-30-48)59(55-37-31-49(32-38-55)47-27-23-45(24-28-47)43-13-5-2-6-14-43)56-39-33-50(34-40-56)52-17-9-18-53(41-52)58-20-10-16-51-15-7-8-19-57(51)58/h1-41H/i1D,3D,4D,11D,12D,21D,22D,25D,26D,29D,30D,31D,32D,35D,36D,37D,38D. The summed E-state index contributed by atoms with van der Waals surface area (Å²) in [6, 6.07) is 32.6. The van der Waals surface area contributed by atoms with Gasteiger partial charge in [-0.05, 0) is 120 Å². The largest absolute Gasteiger partial charge is 0.311 e. The first-order valence-electron chi connectivity index (χ1n) is 27.4. The molecule has 0 radical (unpaired) electrons. The van der Waals surface area contributed by atoms with Crippen molar-refractivity contribution in [2.75, 3.05) is 4.90 Å². The molecule has 0 saturated carbocycles. The maximum atomic E-state index is 9.58. The third-order valence-corrected chi connectivity index (χ3v) is 10.00. The molecule has 0 amide bonds. The van der Waals surface area contributed by atoms with Crippen LogP contribution in [0.5, 0.6) is 0 Å². The number of nitrogens with zero attached hydrogens (tertiary/aromatic N) is 1. The highest BCUT2D eigenvalue weighted by Gasteiger charge is 2.15. The molecule has 0 spiro atoms. The molecule has 0 atom stereocenters. The molecule has 0 aromatic heterocycles. The first-order chi connectivity index (χ1) is 36.3. The third-order valence-electron chi connectivity index (χ3n) is 10.00. The zero-order valence-corrected chi connectivity index (χ0v) is 31.3. The van der Waals surface area contributed by atoms with Crippen LogP contribution in [0.4, 0.5) is 17.1 Å². The second-order valence-electron chi connectivity index (χ2n) is 13.6. The highest BCUT2D eigenvalue weighted by atomic mass is 15.1. The van der Waals surface area contributed by atoms with Gasteiger partial charge in [-0.2, -0.15) is 0 Å². The van der Waals surface area contributed by atoms with Crippen molar-refractivity contribution in [3.63, 3.8) is 0 Å². The summed E-state index contributed by atoms with van der Waals surface area (Å²) >= 11 is 0. The van der Waals surface area contributed by atoms with E-state index in [1.807, 2.05) is 103 Å². The number of hydrogen-bond acceptors (Lipinski definition) is 1. The normalized spacial score (nSPS) is 15.1. The summed E-state index contributed by atoms with van der Waals surface area (Å²) in [4.78, 5) is 1.13. The SMILES string of the molecule is [2H]c1c([2H])c([2H])c(-c2c([2H])c([2H])c(-c3c([2H])c([2H])c(N(c4ccc(-c5cccc(-c6cccc7ccccc67)c5)cc4)c4c([2H])c([2H])c(-c5ccc(-c6ccccc6)cc5)c([2H])c4[2H])c([2H])c3[2H])c([2H])c2[2H])c([2H])c1[2H]. The lowest BCUT2D eigenvalue weighted by Gasteiger charge is -2.26. The van der Waals surface area contributed by atoms with Gasteiger partial charge in [0.2, 0.25) is 0 Å². The van der Waals surface area contributed by atoms with Crippen LogP contribution in [-0.4, -0.2) is 0 Å². The highest BCUT2D eigenvalue weighted by molar-refractivity contribution is 5.97. The molecule has 0 N–H and O–H groups in total. The predicted octanol–water partition coefficient (Wildman–Crippen LogP) is 16.3. The van der Waals surface area contributed by atoms with Crippen LogP contribution in [0.2, 0.25) is 0 Å². The van der Waals surface area contributed by atoms with Crippen molar-refractivity contribution in [3.05, 3.63) is 248 Å². The summed E-state index contributed by atoms with van der Waals surface area (Å²) in [5, 5.41) is 2.14. The molecule has 278 valence electrons. The van der Waals surface area contributed by atoms with Gasteiger partial charge in [-0.25, -0.2) is 0 Å². The van der Waals surface area contributed by atoms with E-state index in [-0.39, 0.29) is 11.3 Å². The topological polar surface area (TPSA) is 3.24 Å². The van der Waals surface area contributed by atoms with E-state index in [9.17, 15) is 11.0 Å². The van der Waals surface area contributed by atoms with Crippen LogP contribution in [0.25, 0.3) is 77.5 Å². The smallest absolute Gasteiger partial charge is 0.0645 e. The van der Waals surface area contributed by atoms with Gasteiger partial charge < -0.3 is 4.90 Å². The fourth-order valence-electron chi connectivity index (χ4n) is 7.02. The molecule has 0 aliphatic carbocycles. The van der Waals surface area contributed by atoms with Crippen LogP contribution < -0.4 is 4.90 Å². The van der Waals surface area contributed by atoms with Gasteiger partial charge in [-0.15, -0.1) is 0 Å². The Morgan fingerprint density at radius 2 is 0.695 bits per heavy atom. The second kappa shape index (κ2) is 16.0. The summed E-state index contributed by atoms with van der Waals surface area (Å²) in [5.74, 6) is 0. The van der Waals surface area contributed by atoms with E-state index in [1.54, 1.807) is 36.4 Å². The number of anilines is 3. The van der Waals surface area contributed by atoms with E-state index in [2.05, 4.69) is 6.07 Å². The summed E-state index contributed by atoms with van der Waals surface area (Å²) in [6.07, 6.45) is 0. The lowest BCUT2D eigenvalue weighted by molar-refractivity contribution is 1.28. The molecule has 0 fully saturated rings. The van der Waals surface area contributed by atoms with Crippen LogP contribution in [0.1, 0.15) is 23.3 Å². The third kappa shape index (κ3) is 7.46. The molecule has 10 aromatic carbocycles. The maximum Gasteiger partial charge on any atom is 0.0645 e. The summed E-state index contributed by atoms with van der Waals surface area (Å²) < 4.78 is 153. The number of rotatable bonds is 9. The molecule has 10 aromatic rings. The van der Waals surface area contributed by atoms with Gasteiger partial charge in [-0.3, -0.25) is 0 Å². The summed E-state index contributed by atoms with van der Waals surface area (Å²) in [5.41, 5.74) is 2.31. The van der Waals surface area contributed by atoms with E-state index in [0.29, 0.717) is 5.56 Å². The first-order valence-corrected chi connectivity index (χ1v) is 18.9. The molecule has 0 unspecified atom stereocenters. The summed E-state index contributed by atoms with van der Waals surface area (Å²) in [7, 11) is 0. The molecular weight excluding hydrogens is 711 g/mol. The molecule has 0 saturated heterocycles. The van der Waals surface area contributed by atoms with Crippen molar-refractivity contribution in [1.29, 1.82) is 0 Å². The predicted molar refractivity (Wildman–Crippen MR) is 251 cm³/mol. The molecule has 0 heterocycles. The molecule has 0 bridgehead atoms. The Hall–Kier alpha value is -7.74. The zero-order valence-electron chi connectivity index (χ0n) is 48.3. The van der Waals surface area contributed by atoms with Crippen LogP contribution in [0.3, 0.4) is 0 Å². The first kappa shape index (κ1) is 21.7. The van der Waals surface area contributed by atoms with Crippen molar-refractivity contribution in [1.82, 2.24) is 0 Å². The van der Waals surface area contributed by atoms with Gasteiger partial charge in [0.1, 0.15) is 0 Å². The van der Waals surface area contributed by atoms with E-state index >= 15 is 0 Å². The molecule has 0 aliphatic rings. The number of hydrogen-bond donors (Lipinski definition) is 0. The Labute approximate surface area is 370 Å². The van der Waals surface area contributed by atoms with Gasteiger partial charge in [-0.1, -0.05) is 206 Å². The van der Waals surface area contributed by atoms with Gasteiger partial charge in [0, 0.05) is 17.1 Å². The Balaban J connectivity index is 1.16. The molecular formula is C58H41N. The molecule has 1 nitrogen and oxygen atoms in total. The highest BCUT2D eigenvalue weighted by Crippen LogP contribution is 2.39. The van der Waals surface area contributed by atoms with Crippen molar-refractivity contribution >= 4 is 27.8 Å². The average molecular weight is 769 g/mol. The van der Waals surface area contributed by atoms with E-state index in [1.165, 1.54) is 0 Å².